The van der Waals surface area contributed by atoms with Crippen LogP contribution in [-0.2, 0) is 0 Å². The summed E-state index contributed by atoms with van der Waals surface area (Å²) in [4.78, 5) is 12.8. The van der Waals surface area contributed by atoms with Crippen molar-refractivity contribution in [2.75, 3.05) is 0 Å². The molecule has 0 saturated carbocycles. The largest absolute Gasteiger partial charge is 1.00 e. The van der Waals surface area contributed by atoms with Gasteiger partial charge in [-0.1, -0.05) is 12.3 Å². The number of pyridine rings is 1. The van der Waals surface area contributed by atoms with Crippen LogP contribution in [0.3, 0.4) is 0 Å². The number of aromatic nitrogens is 1. The quantitative estimate of drug-likeness (QED) is 0.187. The van der Waals surface area contributed by atoms with Crippen LogP contribution in [0.5, 0.6) is 0 Å². The van der Waals surface area contributed by atoms with Gasteiger partial charge >= 0.3 is 18.9 Å². The van der Waals surface area contributed by atoms with Crippen LogP contribution in [0.4, 0.5) is 5.69 Å². The normalized spacial score (nSPS) is 8.00. The van der Waals surface area contributed by atoms with Gasteiger partial charge in [0.15, 0.2) is 5.69 Å². The van der Waals surface area contributed by atoms with E-state index in [0.717, 1.165) is 0 Å². The van der Waals surface area contributed by atoms with E-state index < -0.39 is 4.92 Å². The fourth-order valence-electron chi connectivity index (χ4n) is 0.420. The molecular formula is C5H3LiN2O2. The smallest absolute Gasteiger partial charge is 0.387 e. The Kier molecular flexibility index (Phi) is 3.70. The van der Waals surface area contributed by atoms with E-state index in [2.05, 4.69) is 11.2 Å². The molecule has 5 heteroatoms. The first kappa shape index (κ1) is 9.15. The van der Waals surface area contributed by atoms with Crippen LogP contribution in [0.1, 0.15) is 0 Å². The van der Waals surface area contributed by atoms with Gasteiger partial charge in [-0.05, 0) is 0 Å². The molecule has 0 unspecified atom stereocenters. The minimum Gasteiger partial charge on any atom is -0.387 e. The standard InChI is InChI=1S/C5H3N2O2.Li/c8-7(9)5-2-1-3-6-4-5;/h1-3H;/q-1;+1. The Hall–Kier alpha value is -0.853. The predicted molar refractivity (Wildman–Crippen MR) is 29.7 cm³/mol. The second-order valence-electron chi connectivity index (χ2n) is 1.39. The molecule has 0 N–H and O–H groups in total. The minimum absolute atomic E-state index is 0. The number of hydrogen-bond donors (Lipinski definition) is 0. The minimum atomic E-state index is -0.535. The van der Waals surface area contributed by atoms with Gasteiger partial charge < -0.3 is 4.98 Å². The molecule has 46 valence electrons. The third kappa shape index (κ3) is 2.17. The van der Waals surface area contributed by atoms with Gasteiger partial charge in [0.05, 0.1) is 0 Å². The maximum Gasteiger partial charge on any atom is 1.00 e. The fourth-order valence-corrected chi connectivity index (χ4v) is 0.420. The van der Waals surface area contributed by atoms with Gasteiger partial charge in [-0.15, -0.1) is 6.07 Å². The van der Waals surface area contributed by atoms with Crippen molar-refractivity contribution < 1.29 is 23.8 Å². The summed E-state index contributed by atoms with van der Waals surface area (Å²) in [5.41, 5.74) is -0.0995. The van der Waals surface area contributed by atoms with Gasteiger partial charge in [-0.25, -0.2) is 0 Å². The number of nitrogens with zero attached hydrogens (tertiary/aromatic N) is 2. The topological polar surface area (TPSA) is 56.0 Å². The molecule has 10 heavy (non-hydrogen) atoms. The molecule has 0 saturated heterocycles. The molecule has 4 nitrogen and oxygen atoms in total. The van der Waals surface area contributed by atoms with Crippen molar-refractivity contribution in [2.24, 2.45) is 0 Å². The second kappa shape index (κ2) is 4.04. The zero-order valence-electron chi connectivity index (χ0n) is 5.44. The zero-order valence-corrected chi connectivity index (χ0v) is 5.44. The Morgan fingerprint density at radius 3 is 2.70 bits per heavy atom. The molecular weight excluding hydrogens is 127 g/mol. The number of hydrogen-bond acceptors (Lipinski definition) is 3. The summed E-state index contributed by atoms with van der Waals surface area (Å²) in [5, 5.41) is 9.94. The van der Waals surface area contributed by atoms with E-state index in [1.54, 1.807) is 0 Å². The molecule has 0 radical (unpaired) electrons. The van der Waals surface area contributed by atoms with E-state index in [1.165, 1.54) is 18.3 Å². The molecule has 1 heterocycles. The van der Waals surface area contributed by atoms with Crippen molar-refractivity contribution in [1.82, 2.24) is 4.98 Å². The average molecular weight is 130 g/mol. The summed E-state index contributed by atoms with van der Waals surface area (Å²) in [6.45, 7) is 0. The number of nitro groups is 1. The Balaban J connectivity index is 0.000000810. The summed E-state index contributed by atoms with van der Waals surface area (Å²) in [6.07, 6.45) is 3.66. The van der Waals surface area contributed by atoms with Crippen molar-refractivity contribution >= 4 is 5.69 Å². The summed E-state index contributed by atoms with van der Waals surface area (Å²) >= 11 is 0. The van der Waals surface area contributed by atoms with Gasteiger partial charge in [0.1, 0.15) is 0 Å². The van der Waals surface area contributed by atoms with Crippen molar-refractivity contribution in [3.8, 4) is 0 Å². The van der Waals surface area contributed by atoms with Crippen LogP contribution in [-0.4, -0.2) is 9.91 Å². The van der Waals surface area contributed by atoms with Crippen LogP contribution in [0, 0.1) is 16.3 Å². The second-order valence-corrected chi connectivity index (χ2v) is 1.39. The number of rotatable bonds is 1. The van der Waals surface area contributed by atoms with Gasteiger partial charge in [0.25, 0.3) is 0 Å². The first-order valence-electron chi connectivity index (χ1n) is 2.28. The molecule has 0 aromatic carbocycles. The molecule has 0 fully saturated rings. The molecule has 1 rings (SSSR count). The van der Waals surface area contributed by atoms with Gasteiger partial charge in [-0.2, -0.15) is 0 Å². The Bertz CT molecular complexity index is 214. The fraction of sp³-hybridized carbons (Fsp3) is 0. The van der Waals surface area contributed by atoms with Crippen LogP contribution >= 0.6 is 0 Å². The van der Waals surface area contributed by atoms with E-state index in [1.807, 2.05) is 0 Å². The maximum absolute atomic E-state index is 9.94. The summed E-state index contributed by atoms with van der Waals surface area (Å²) < 4.78 is 0. The molecule has 0 aliphatic heterocycles. The molecule has 0 aliphatic rings. The van der Waals surface area contributed by atoms with Crippen molar-refractivity contribution in [1.29, 1.82) is 0 Å². The SMILES string of the molecule is O=[N+]([O-])c1[c-]nccc1.[Li+]. The van der Waals surface area contributed by atoms with Gasteiger partial charge in [0.2, 0.25) is 0 Å². The molecule has 0 spiro atoms. The molecule has 1 aromatic rings. The first-order valence-corrected chi connectivity index (χ1v) is 2.28. The van der Waals surface area contributed by atoms with E-state index in [0.29, 0.717) is 0 Å². The Morgan fingerprint density at radius 1 is 1.70 bits per heavy atom. The van der Waals surface area contributed by atoms with Crippen molar-refractivity contribution in [3.63, 3.8) is 0 Å². The third-order valence-electron chi connectivity index (χ3n) is 0.790. The zero-order chi connectivity index (χ0) is 6.69. The molecule has 0 aliphatic carbocycles. The van der Waals surface area contributed by atoms with Crippen LogP contribution in [0.15, 0.2) is 18.3 Å². The average Bonchev–Trinajstić information content (AvgIpc) is 1.90. The third-order valence-corrected chi connectivity index (χ3v) is 0.790. The maximum atomic E-state index is 9.94. The summed E-state index contributed by atoms with van der Waals surface area (Å²) in [5.74, 6) is 0. The molecule has 0 atom stereocenters. The predicted octanol–water partition coefficient (Wildman–Crippen LogP) is -2.21. The van der Waals surface area contributed by atoms with Crippen LogP contribution in [0.2, 0.25) is 0 Å². The van der Waals surface area contributed by atoms with Gasteiger partial charge in [0, 0.05) is 11.1 Å². The monoisotopic (exact) mass is 130 g/mol. The van der Waals surface area contributed by atoms with E-state index in [4.69, 9.17) is 0 Å². The van der Waals surface area contributed by atoms with E-state index >= 15 is 0 Å². The van der Waals surface area contributed by atoms with Crippen LogP contribution in [0.25, 0.3) is 0 Å². The Labute approximate surface area is 69.6 Å². The van der Waals surface area contributed by atoms with Gasteiger partial charge in [-0.3, -0.25) is 10.1 Å². The van der Waals surface area contributed by atoms with E-state index in [9.17, 15) is 10.1 Å². The molecule has 0 amide bonds. The molecule has 0 bridgehead atoms. The first-order chi connectivity index (χ1) is 4.30. The molecule has 1 aromatic heterocycles. The summed E-state index contributed by atoms with van der Waals surface area (Å²) in [6, 6.07) is 2.83. The van der Waals surface area contributed by atoms with Crippen molar-refractivity contribution in [2.45, 2.75) is 0 Å². The van der Waals surface area contributed by atoms with Crippen molar-refractivity contribution in [3.05, 3.63) is 34.6 Å². The van der Waals surface area contributed by atoms with Crippen LogP contribution < -0.4 is 18.9 Å². The summed E-state index contributed by atoms with van der Waals surface area (Å²) in [7, 11) is 0. The van der Waals surface area contributed by atoms with E-state index in [-0.39, 0.29) is 24.5 Å². The Morgan fingerprint density at radius 2 is 2.40 bits per heavy atom.